The lowest BCUT2D eigenvalue weighted by atomic mass is 9.71. The summed E-state index contributed by atoms with van der Waals surface area (Å²) < 4.78 is 0. The third-order valence-electron chi connectivity index (χ3n) is 7.21. The van der Waals surface area contributed by atoms with Gasteiger partial charge in [0.1, 0.15) is 0 Å². The van der Waals surface area contributed by atoms with Crippen molar-refractivity contribution in [2.24, 2.45) is 17.8 Å². The average molecular weight is 304 g/mol. The van der Waals surface area contributed by atoms with E-state index in [4.69, 9.17) is 5.32 Å². The third-order valence-corrected chi connectivity index (χ3v) is 7.21. The van der Waals surface area contributed by atoms with Crippen molar-refractivity contribution >= 4 is 0 Å². The molecule has 7 atom stereocenters. The standard InChI is InChI=1S/C19H31N2O/c1-2-13-12-21-9-7-16-15-5-3-4-6-17(15)20-19(16)18(21)11-14(13)8-10-22/h2,14-19,22H,3-12H2,1H3/q-1/p+1/t14-,15?,16?,17?,18?,19?/m0/s1. The fourth-order valence-corrected chi connectivity index (χ4v) is 6.16. The van der Waals surface area contributed by atoms with E-state index in [-0.39, 0.29) is 0 Å². The van der Waals surface area contributed by atoms with Crippen molar-refractivity contribution in [3.63, 3.8) is 0 Å². The highest BCUT2D eigenvalue weighted by Gasteiger charge is 2.47. The van der Waals surface area contributed by atoms with Crippen molar-refractivity contribution < 1.29 is 10.0 Å². The fraction of sp³-hybridized carbons (Fsp3) is 0.895. The Morgan fingerprint density at radius 1 is 1.23 bits per heavy atom. The van der Waals surface area contributed by atoms with Crippen molar-refractivity contribution in [3.05, 3.63) is 17.0 Å². The Morgan fingerprint density at radius 2 is 2.09 bits per heavy atom. The Kier molecular flexibility index (Phi) is 4.31. The Morgan fingerprint density at radius 3 is 2.91 bits per heavy atom. The molecule has 4 rings (SSSR count). The molecule has 0 radical (unpaired) electrons. The molecular weight excluding hydrogens is 272 g/mol. The second-order valence-electron chi connectivity index (χ2n) is 8.11. The van der Waals surface area contributed by atoms with E-state index in [9.17, 15) is 5.11 Å². The predicted octanol–water partition coefficient (Wildman–Crippen LogP) is 1.92. The normalized spacial score (nSPS) is 49.5. The summed E-state index contributed by atoms with van der Waals surface area (Å²) in [5.74, 6) is 2.42. The number of hydrogen-bond donors (Lipinski definition) is 2. The van der Waals surface area contributed by atoms with E-state index in [1.165, 1.54) is 51.6 Å². The van der Waals surface area contributed by atoms with E-state index < -0.39 is 0 Å². The summed E-state index contributed by atoms with van der Waals surface area (Å²) in [5, 5.41) is 14.8. The SMILES string of the molecule is CC=C1C[NH+]2CCC3C4CCCCC4[N-]C3C2C[C@@H]1CCO. The molecule has 4 fully saturated rings. The molecule has 0 aromatic rings. The zero-order valence-corrected chi connectivity index (χ0v) is 14.0. The molecule has 0 bridgehead atoms. The van der Waals surface area contributed by atoms with Crippen LogP contribution >= 0.6 is 0 Å². The number of hydrogen-bond acceptors (Lipinski definition) is 1. The van der Waals surface area contributed by atoms with Gasteiger partial charge in [-0.3, -0.25) is 0 Å². The average Bonchev–Trinajstić information content (AvgIpc) is 2.93. The lowest BCUT2D eigenvalue weighted by molar-refractivity contribution is -0.932. The topological polar surface area (TPSA) is 38.8 Å². The predicted molar refractivity (Wildman–Crippen MR) is 89.1 cm³/mol. The molecule has 3 aliphatic heterocycles. The number of allylic oxidation sites excluding steroid dienone is 1. The van der Waals surface area contributed by atoms with Crippen molar-refractivity contribution in [1.82, 2.24) is 0 Å². The highest BCUT2D eigenvalue weighted by molar-refractivity contribution is 5.20. The zero-order chi connectivity index (χ0) is 15.1. The minimum absolute atomic E-state index is 0.334. The van der Waals surface area contributed by atoms with Gasteiger partial charge in [-0.15, -0.1) is 6.04 Å². The summed E-state index contributed by atoms with van der Waals surface area (Å²) >= 11 is 0. The van der Waals surface area contributed by atoms with Crippen LogP contribution in [0, 0.1) is 17.8 Å². The van der Waals surface area contributed by atoms with E-state index >= 15 is 0 Å². The smallest absolute Gasteiger partial charge is 0.0992 e. The second kappa shape index (κ2) is 6.26. The minimum Gasteiger partial charge on any atom is -0.651 e. The Labute approximate surface area is 135 Å². The molecular formula is C19H32N2O. The number of aliphatic hydroxyl groups is 1. The first-order chi connectivity index (χ1) is 10.8. The molecule has 124 valence electrons. The summed E-state index contributed by atoms with van der Waals surface area (Å²) in [7, 11) is 0. The summed E-state index contributed by atoms with van der Waals surface area (Å²) in [6.45, 7) is 5.08. The fourth-order valence-electron chi connectivity index (χ4n) is 6.16. The van der Waals surface area contributed by atoms with Crippen LogP contribution in [0.1, 0.15) is 51.9 Å². The highest BCUT2D eigenvalue weighted by atomic mass is 16.3. The van der Waals surface area contributed by atoms with Crippen LogP contribution in [0.2, 0.25) is 0 Å². The molecule has 6 unspecified atom stereocenters. The van der Waals surface area contributed by atoms with Crippen molar-refractivity contribution in [2.75, 3.05) is 19.7 Å². The van der Waals surface area contributed by atoms with E-state index in [1.807, 2.05) is 0 Å². The molecule has 2 N–H and O–H groups in total. The van der Waals surface area contributed by atoms with E-state index in [0.717, 1.165) is 24.3 Å². The summed E-state index contributed by atoms with van der Waals surface area (Å²) in [6, 6.07) is 2.07. The monoisotopic (exact) mass is 304 g/mol. The van der Waals surface area contributed by atoms with Gasteiger partial charge < -0.3 is 15.3 Å². The van der Waals surface area contributed by atoms with Gasteiger partial charge in [0.05, 0.1) is 19.1 Å². The van der Waals surface area contributed by atoms with E-state index in [1.54, 1.807) is 10.5 Å². The van der Waals surface area contributed by atoms with Gasteiger partial charge in [-0.2, -0.15) is 0 Å². The molecule has 0 aromatic heterocycles. The van der Waals surface area contributed by atoms with Crippen LogP contribution in [0.3, 0.4) is 0 Å². The van der Waals surface area contributed by atoms with Crippen LogP contribution in [0.15, 0.2) is 11.6 Å². The number of rotatable bonds is 2. The van der Waals surface area contributed by atoms with Crippen molar-refractivity contribution in [2.45, 2.75) is 70.0 Å². The lowest BCUT2D eigenvalue weighted by Gasteiger charge is -2.50. The molecule has 0 amide bonds. The maximum atomic E-state index is 9.43. The van der Waals surface area contributed by atoms with Crippen molar-refractivity contribution in [1.29, 1.82) is 0 Å². The molecule has 1 aliphatic carbocycles. The summed E-state index contributed by atoms with van der Waals surface area (Å²) in [5.41, 5.74) is 1.59. The first-order valence-corrected chi connectivity index (χ1v) is 9.62. The summed E-state index contributed by atoms with van der Waals surface area (Å²) in [4.78, 5) is 1.80. The van der Waals surface area contributed by atoms with E-state index in [2.05, 4.69) is 13.0 Å². The highest BCUT2D eigenvalue weighted by Crippen LogP contribution is 2.49. The first kappa shape index (κ1) is 15.2. The lowest BCUT2D eigenvalue weighted by Crippen LogP contribution is -3.19. The Balaban J connectivity index is 1.53. The first-order valence-electron chi connectivity index (χ1n) is 9.62. The van der Waals surface area contributed by atoms with Gasteiger partial charge in [0, 0.05) is 13.0 Å². The number of nitrogens with zero attached hydrogens (tertiary/aromatic N) is 1. The molecule has 4 aliphatic rings. The number of quaternary nitrogens is 1. The molecule has 3 nitrogen and oxygen atoms in total. The maximum absolute atomic E-state index is 9.43. The van der Waals surface area contributed by atoms with Crippen LogP contribution in [-0.2, 0) is 0 Å². The molecule has 22 heavy (non-hydrogen) atoms. The third kappa shape index (κ3) is 2.46. The summed E-state index contributed by atoms with van der Waals surface area (Å²) in [6.07, 6.45) is 11.6. The van der Waals surface area contributed by atoms with Gasteiger partial charge in [-0.25, -0.2) is 0 Å². The minimum atomic E-state index is 0.334. The zero-order valence-electron chi connectivity index (χ0n) is 14.0. The molecule has 1 saturated carbocycles. The van der Waals surface area contributed by atoms with Gasteiger partial charge in [0.25, 0.3) is 0 Å². The Bertz CT molecular complexity index is 435. The van der Waals surface area contributed by atoms with Gasteiger partial charge in [0.15, 0.2) is 0 Å². The van der Waals surface area contributed by atoms with Crippen molar-refractivity contribution in [3.8, 4) is 0 Å². The quantitative estimate of drug-likeness (QED) is 0.752. The van der Waals surface area contributed by atoms with Crippen LogP contribution in [0.5, 0.6) is 0 Å². The number of aliphatic hydroxyl groups excluding tert-OH is 1. The molecule has 3 heteroatoms. The van der Waals surface area contributed by atoms with E-state index in [0.29, 0.717) is 24.6 Å². The number of fused-ring (bicyclic) bond motifs is 5. The maximum Gasteiger partial charge on any atom is 0.0992 e. The largest absolute Gasteiger partial charge is 0.651 e. The molecule has 3 heterocycles. The molecule has 3 saturated heterocycles. The second-order valence-corrected chi connectivity index (χ2v) is 8.11. The van der Waals surface area contributed by atoms with Gasteiger partial charge in [-0.1, -0.05) is 43.7 Å². The van der Waals surface area contributed by atoms with Crippen LogP contribution in [0.4, 0.5) is 0 Å². The molecule has 0 aromatic carbocycles. The molecule has 0 spiro atoms. The van der Waals surface area contributed by atoms with Gasteiger partial charge in [-0.05, 0) is 37.2 Å². The number of piperidine rings is 2. The Hall–Kier alpha value is -0.380. The van der Waals surface area contributed by atoms with Gasteiger partial charge in [0.2, 0.25) is 0 Å². The van der Waals surface area contributed by atoms with Crippen LogP contribution in [-0.4, -0.2) is 42.9 Å². The van der Waals surface area contributed by atoms with Crippen LogP contribution in [0.25, 0.3) is 5.32 Å². The van der Waals surface area contributed by atoms with Crippen LogP contribution < -0.4 is 4.90 Å². The number of nitrogens with one attached hydrogen (secondary N) is 1. The van der Waals surface area contributed by atoms with Gasteiger partial charge >= 0.3 is 0 Å².